The molecule has 0 atom stereocenters. The molecule has 1 N–H and O–H groups in total. The third kappa shape index (κ3) is 8.34. The number of benzene rings is 4. The third-order valence-electron chi connectivity index (χ3n) is 6.45. The number of amides is 3. The fourth-order valence-corrected chi connectivity index (χ4v) is 4.37. The Morgan fingerprint density at radius 1 is 0.632 bits per heavy atom. The zero-order chi connectivity index (χ0) is 26.6. The van der Waals surface area contributed by atoms with E-state index in [0.29, 0.717) is 26.2 Å². The van der Waals surface area contributed by atoms with E-state index in [0.717, 1.165) is 28.8 Å². The molecule has 38 heavy (non-hydrogen) atoms. The van der Waals surface area contributed by atoms with Crippen LogP contribution in [0.1, 0.15) is 28.7 Å². The molecular formula is C33H35N3O2. The van der Waals surface area contributed by atoms with Gasteiger partial charge in [-0.15, -0.1) is 0 Å². The first-order chi connectivity index (χ1) is 18.6. The number of hydrogen-bond acceptors (Lipinski definition) is 2. The number of carbonyl (C=O) groups is 2. The molecule has 0 aliphatic carbocycles. The molecular weight excluding hydrogens is 470 g/mol. The number of nitrogens with one attached hydrogen (secondary N) is 1. The van der Waals surface area contributed by atoms with Crippen LogP contribution in [0.2, 0.25) is 0 Å². The molecule has 0 aromatic heterocycles. The molecule has 4 aromatic rings. The lowest BCUT2D eigenvalue weighted by atomic mass is 10.1. The van der Waals surface area contributed by atoms with Gasteiger partial charge in [-0.3, -0.25) is 4.79 Å². The number of nitrogens with zero attached hydrogens (tertiary/aromatic N) is 2. The van der Waals surface area contributed by atoms with Gasteiger partial charge < -0.3 is 15.1 Å². The molecule has 4 rings (SSSR count). The first-order valence-electron chi connectivity index (χ1n) is 13.1. The van der Waals surface area contributed by atoms with E-state index in [2.05, 4.69) is 17.4 Å². The standard InChI is InChI=1S/C33H35N3O2/c1-27-12-11-19-31(24-27)34-33(38)36(26-30-17-9-4-10-18-30)23-21-32(37)35(25-29-15-7-3-8-16-29)22-20-28-13-5-2-6-14-28/h2-19,24H,20-23,25-26H2,1H3,(H,34,38). The predicted molar refractivity (Wildman–Crippen MR) is 154 cm³/mol. The molecule has 0 unspecified atom stereocenters. The van der Waals surface area contributed by atoms with Gasteiger partial charge in [0.05, 0.1) is 0 Å². The summed E-state index contributed by atoms with van der Waals surface area (Å²) in [5.41, 5.74) is 5.12. The summed E-state index contributed by atoms with van der Waals surface area (Å²) in [4.78, 5) is 30.4. The van der Waals surface area contributed by atoms with Crippen LogP contribution in [0.3, 0.4) is 0 Å². The molecule has 4 aromatic carbocycles. The Balaban J connectivity index is 1.45. The molecule has 0 aliphatic heterocycles. The lowest BCUT2D eigenvalue weighted by Gasteiger charge is -2.27. The molecule has 0 heterocycles. The minimum Gasteiger partial charge on any atom is -0.338 e. The molecule has 5 heteroatoms. The molecule has 0 saturated heterocycles. The summed E-state index contributed by atoms with van der Waals surface area (Å²) in [7, 11) is 0. The SMILES string of the molecule is Cc1cccc(NC(=O)N(CCC(=O)N(CCc2ccccc2)Cc2ccccc2)Cc2ccccc2)c1. The number of carbonyl (C=O) groups excluding carboxylic acids is 2. The fraction of sp³-hybridized carbons (Fsp3) is 0.212. The van der Waals surface area contributed by atoms with Crippen LogP contribution in [-0.4, -0.2) is 34.8 Å². The van der Waals surface area contributed by atoms with Gasteiger partial charge in [0.2, 0.25) is 5.91 Å². The summed E-state index contributed by atoms with van der Waals surface area (Å²) in [6.45, 7) is 3.90. The van der Waals surface area contributed by atoms with Crippen LogP contribution in [0.15, 0.2) is 115 Å². The van der Waals surface area contributed by atoms with E-state index >= 15 is 0 Å². The monoisotopic (exact) mass is 505 g/mol. The van der Waals surface area contributed by atoms with Crippen LogP contribution in [0.4, 0.5) is 10.5 Å². The molecule has 0 saturated carbocycles. The summed E-state index contributed by atoms with van der Waals surface area (Å²) >= 11 is 0. The van der Waals surface area contributed by atoms with E-state index in [9.17, 15) is 9.59 Å². The van der Waals surface area contributed by atoms with Crippen LogP contribution >= 0.6 is 0 Å². The summed E-state index contributed by atoms with van der Waals surface area (Å²) in [6.07, 6.45) is 1.02. The maximum Gasteiger partial charge on any atom is 0.322 e. The number of urea groups is 1. The van der Waals surface area contributed by atoms with Gasteiger partial charge in [-0.25, -0.2) is 4.79 Å². The minimum atomic E-state index is -0.217. The van der Waals surface area contributed by atoms with Crippen LogP contribution in [0, 0.1) is 6.92 Å². The third-order valence-corrected chi connectivity index (χ3v) is 6.45. The molecule has 0 radical (unpaired) electrons. The van der Waals surface area contributed by atoms with E-state index in [1.54, 1.807) is 4.90 Å². The largest absolute Gasteiger partial charge is 0.338 e. The van der Waals surface area contributed by atoms with Crippen LogP contribution in [0.25, 0.3) is 0 Å². The van der Waals surface area contributed by atoms with Crippen molar-refractivity contribution in [2.75, 3.05) is 18.4 Å². The van der Waals surface area contributed by atoms with E-state index < -0.39 is 0 Å². The Morgan fingerprint density at radius 2 is 1.18 bits per heavy atom. The van der Waals surface area contributed by atoms with Gasteiger partial charge in [0.15, 0.2) is 0 Å². The molecule has 0 bridgehead atoms. The summed E-state index contributed by atoms with van der Waals surface area (Å²) in [5.74, 6) is 0.0335. The number of hydrogen-bond donors (Lipinski definition) is 1. The topological polar surface area (TPSA) is 52.7 Å². The molecule has 194 valence electrons. The van der Waals surface area contributed by atoms with Gasteiger partial charge in [-0.1, -0.05) is 103 Å². The van der Waals surface area contributed by atoms with Crippen molar-refractivity contribution >= 4 is 17.6 Å². The smallest absolute Gasteiger partial charge is 0.322 e. The van der Waals surface area contributed by atoms with Gasteiger partial charge in [-0.05, 0) is 47.7 Å². The highest BCUT2D eigenvalue weighted by atomic mass is 16.2. The maximum absolute atomic E-state index is 13.5. The lowest BCUT2D eigenvalue weighted by molar-refractivity contribution is -0.132. The van der Waals surface area contributed by atoms with Gasteiger partial charge in [0, 0.05) is 38.3 Å². The van der Waals surface area contributed by atoms with Crippen molar-refractivity contribution in [2.45, 2.75) is 32.9 Å². The van der Waals surface area contributed by atoms with Crippen molar-refractivity contribution in [3.05, 3.63) is 138 Å². The normalized spacial score (nSPS) is 10.6. The highest BCUT2D eigenvalue weighted by Gasteiger charge is 2.19. The molecule has 3 amide bonds. The first-order valence-corrected chi connectivity index (χ1v) is 13.1. The zero-order valence-electron chi connectivity index (χ0n) is 21.9. The van der Waals surface area contributed by atoms with Crippen molar-refractivity contribution in [1.29, 1.82) is 0 Å². The second-order valence-corrected chi connectivity index (χ2v) is 9.49. The quantitative estimate of drug-likeness (QED) is 0.247. The van der Waals surface area contributed by atoms with Crippen LogP contribution in [-0.2, 0) is 24.3 Å². The Bertz CT molecular complexity index is 1290. The zero-order valence-corrected chi connectivity index (χ0v) is 21.9. The number of aryl methyl sites for hydroxylation is 1. The average Bonchev–Trinajstić information content (AvgIpc) is 2.94. The number of rotatable bonds is 11. The van der Waals surface area contributed by atoms with Crippen LogP contribution in [0.5, 0.6) is 0 Å². The summed E-state index contributed by atoms with van der Waals surface area (Å²) in [5, 5.41) is 3.00. The molecule has 5 nitrogen and oxygen atoms in total. The Morgan fingerprint density at radius 3 is 1.76 bits per heavy atom. The van der Waals surface area contributed by atoms with Crippen molar-refractivity contribution in [3.63, 3.8) is 0 Å². The van der Waals surface area contributed by atoms with Gasteiger partial charge in [-0.2, -0.15) is 0 Å². The summed E-state index contributed by atoms with van der Waals surface area (Å²) in [6, 6.07) is 37.6. The first kappa shape index (κ1) is 26.7. The van der Waals surface area contributed by atoms with Crippen LogP contribution < -0.4 is 5.32 Å². The molecule has 0 spiro atoms. The lowest BCUT2D eigenvalue weighted by Crippen LogP contribution is -2.39. The Labute approximate surface area is 225 Å². The minimum absolute atomic E-state index is 0.0335. The molecule has 0 aliphatic rings. The second-order valence-electron chi connectivity index (χ2n) is 9.49. The highest BCUT2D eigenvalue weighted by Crippen LogP contribution is 2.14. The second kappa shape index (κ2) is 13.8. The van der Waals surface area contributed by atoms with Gasteiger partial charge in [0.25, 0.3) is 0 Å². The Kier molecular flexibility index (Phi) is 9.69. The van der Waals surface area contributed by atoms with E-state index in [1.807, 2.05) is 115 Å². The summed E-state index contributed by atoms with van der Waals surface area (Å²) < 4.78 is 0. The fourth-order valence-electron chi connectivity index (χ4n) is 4.37. The predicted octanol–water partition coefficient (Wildman–Crippen LogP) is 6.69. The average molecular weight is 506 g/mol. The maximum atomic E-state index is 13.5. The van der Waals surface area contributed by atoms with E-state index in [4.69, 9.17) is 0 Å². The van der Waals surface area contributed by atoms with Crippen molar-refractivity contribution in [2.24, 2.45) is 0 Å². The highest BCUT2D eigenvalue weighted by molar-refractivity contribution is 5.89. The number of anilines is 1. The molecule has 0 fully saturated rings. The van der Waals surface area contributed by atoms with Crippen molar-refractivity contribution < 1.29 is 9.59 Å². The van der Waals surface area contributed by atoms with Crippen molar-refractivity contribution in [3.8, 4) is 0 Å². The Hall–Kier alpha value is -4.38. The van der Waals surface area contributed by atoms with E-state index in [1.165, 1.54) is 5.56 Å². The van der Waals surface area contributed by atoms with E-state index in [-0.39, 0.29) is 18.4 Å². The van der Waals surface area contributed by atoms with Gasteiger partial charge in [0.1, 0.15) is 0 Å². The van der Waals surface area contributed by atoms with Gasteiger partial charge >= 0.3 is 6.03 Å². The van der Waals surface area contributed by atoms with Crippen molar-refractivity contribution in [1.82, 2.24) is 9.80 Å².